The quantitative estimate of drug-likeness (QED) is 0.385. The standard InChI is InChI=1S/C25H29N5O5S/c1-33-20-12-17(13-21(34-2)23(20)35-3)28-24(32)29-25-26-15-19(36-25)14-22(31)27-16-6-8-18(9-7-16)30-10-4-5-11-30/h6-9,12-13,15H,4-5,10-11,14H2,1-3H3,(H,27,31)(H2,26,28,29,32). The van der Waals surface area contributed by atoms with Gasteiger partial charge in [0, 0.05) is 47.7 Å². The first-order valence-electron chi connectivity index (χ1n) is 11.5. The number of methoxy groups -OCH3 is 3. The van der Waals surface area contributed by atoms with Crippen LogP contribution in [0.3, 0.4) is 0 Å². The normalized spacial score (nSPS) is 12.7. The Morgan fingerprint density at radius 2 is 1.58 bits per heavy atom. The van der Waals surface area contributed by atoms with Gasteiger partial charge in [0.15, 0.2) is 16.6 Å². The molecule has 1 aromatic heterocycles. The molecule has 1 saturated heterocycles. The van der Waals surface area contributed by atoms with Gasteiger partial charge in [0.25, 0.3) is 0 Å². The number of nitrogens with one attached hydrogen (secondary N) is 3. The number of carbonyl (C=O) groups is 2. The van der Waals surface area contributed by atoms with Gasteiger partial charge < -0.3 is 29.7 Å². The molecule has 0 aliphatic carbocycles. The van der Waals surface area contributed by atoms with E-state index in [-0.39, 0.29) is 12.3 Å². The van der Waals surface area contributed by atoms with Gasteiger partial charge in [0.2, 0.25) is 11.7 Å². The van der Waals surface area contributed by atoms with E-state index in [1.54, 1.807) is 18.3 Å². The van der Waals surface area contributed by atoms with Gasteiger partial charge in [-0.05, 0) is 37.1 Å². The van der Waals surface area contributed by atoms with Crippen LogP contribution in [-0.4, -0.2) is 51.3 Å². The van der Waals surface area contributed by atoms with Gasteiger partial charge in [0.1, 0.15) is 0 Å². The second-order valence-electron chi connectivity index (χ2n) is 8.09. The molecule has 3 amide bonds. The number of nitrogens with zero attached hydrogens (tertiary/aromatic N) is 2. The number of urea groups is 1. The Hall–Kier alpha value is -3.99. The third kappa shape index (κ3) is 6.16. The summed E-state index contributed by atoms with van der Waals surface area (Å²) in [7, 11) is 4.50. The van der Waals surface area contributed by atoms with Crippen LogP contribution >= 0.6 is 11.3 Å². The molecule has 0 bridgehead atoms. The summed E-state index contributed by atoms with van der Waals surface area (Å²) < 4.78 is 15.9. The molecule has 1 fully saturated rings. The summed E-state index contributed by atoms with van der Waals surface area (Å²) in [5, 5.41) is 8.68. The van der Waals surface area contributed by atoms with Gasteiger partial charge in [-0.2, -0.15) is 0 Å². The summed E-state index contributed by atoms with van der Waals surface area (Å²) >= 11 is 1.23. The molecular weight excluding hydrogens is 482 g/mol. The molecule has 3 aromatic rings. The first-order chi connectivity index (χ1) is 17.5. The van der Waals surface area contributed by atoms with E-state index in [4.69, 9.17) is 14.2 Å². The molecule has 11 heteroatoms. The number of ether oxygens (including phenoxy) is 3. The maximum Gasteiger partial charge on any atom is 0.325 e. The minimum Gasteiger partial charge on any atom is -0.493 e. The summed E-state index contributed by atoms with van der Waals surface area (Å²) in [6, 6.07) is 10.6. The lowest BCUT2D eigenvalue weighted by Crippen LogP contribution is -2.19. The van der Waals surface area contributed by atoms with E-state index in [2.05, 4.69) is 25.8 Å². The first kappa shape index (κ1) is 25.1. The van der Waals surface area contributed by atoms with Crippen molar-refractivity contribution in [1.82, 2.24) is 4.98 Å². The molecule has 0 saturated carbocycles. The van der Waals surface area contributed by atoms with Crippen LogP contribution in [0.5, 0.6) is 17.2 Å². The van der Waals surface area contributed by atoms with Crippen molar-refractivity contribution in [3.63, 3.8) is 0 Å². The fraction of sp³-hybridized carbons (Fsp3) is 0.320. The molecule has 2 heterocycles. The van der Waals surface area contributed by atoms with Gasteiger partial charge in [-0.15, -0.1) is 11.3 Å². The van der Waals surface area contributed by atoms with E-state index >= 15 is 0 Å². The Balaban J connectivity index is 1.30. The highest BCUT2D eigenvalue weighted by atomic mass is 32.1. The summed E-state index contributed by atoms with van der Waals surface area (Å²) in [5.41, 5.74) is 2.37. The molecule has 2 aromatic carbocycles. The largest absolute Gasteiger partial charge is 0.493 e. The van der Waals surface area contributed by atoms with Crippen molar-refractivity contribution in [2.24, 2.45) is 0 Å². The van der Waals surface area contributed by atoms with E-state index in [9.17, 15) is 9.59 Å². The van der Waals surface area contributed by atoms with Gasteiger partial charge in [-0.25, -0.2) is 9.78 Å². The van der Waals surface area contributed by atoms with Crippen molar-refractivity contribution >= 4 is 45.5 Å². The molecule has 190 valence electrons. The van der Waals surface area contributed by atoms with Crippen LogP contribution in [0.4, 0.5) is 27.0 Å². The molecule has 10 nitrogen and oxygen atoms in total. The molecule has 0 unspecified atom stereocenters. The number of amides is 3. The van der Waals surface area contributed by atoms with Gasteiger partial charge in [-0.3, -0.25) is 10.1 Å². The number of hydrogen-bond donors (Lipinski definition) is 3. The Labute approximate surface area is 213 Å². The van der Waals surface area contributed by atoms with Crippen molar-refractivity contribution in [2.45, 2.75) is 19.3 Å². The van der Waals surface area contributed by atoms with Gasteiger partial charge >= 0.3 is 6.03 Å². The lowest BCUT2D eigenvalue weighted by molar-refractivity contribution is -0.115. The average Bonchev–Trinajstić information content (AvgIpc) is 3.56. The SMILES string of the molecule is COc1cc(NC(=O)Nc2ncc(CC(=O)Nc3ccc(N4CCCC4)cc3)s2)cc(OC)c1OC. The lowest BCUT2D eigenvalue weighted by atomic mass is 10.2. The number of anilines is 4. The molecule has 0 spiro atoms. The highest BCUT2D eigenvalue weighted by Crippen LogP contribution is 2.40. The van der Waals surface area contributed by atoms with Crippen molar-refractivity contribution in [1.29, 1.82) is 0 Å². The smallest absolute Gasteiger partial charge is 0.325 e. The third-order valence-electron chi connectivity index (χ3n) is 5.65. The maximum absolute atomic E-state index is 12.5. The molecule has 0 atom stereocenters. The topological polar surface area (TPSA) is 114 Å². The monoisotopic (exact) mass is 511 g/mol. The molecule has 1 aliphatic rings. The van der Waals surface area contributed by atoms with Crippen molar-refractivity contribution < 1.29 is 23.8 Å². The van der Waals surface area contributed by atoms with Crippen LogP contribution in [0.25, 0.3) is 0 Å². The van der Waals surface area contributed by atoms with E-state index in [0.717, 1.165) is 23.7 Å². The van der Waals surface area contributed by atoms with E-state index in [1.165, 1.54) is 51.2 Å². The number of thiazole rings is 1. The molecule has 0 radical (unpaired) electrons. The van der Waals surface area contributed by atoms with E-state index < -0.39 is 6.03 Å². The van der Waals surface area contributed by atoms with Crippen LogP contribution in [0.1, 0.15) is 17.7 Å². The lowest BCUT2D eigenvalue weighted by Gasteiger charge is -2.17. The minimum atomic E-state index is -0.493. The van der Waals surface area contributed by atoms with Crippen molar-refractivity contribution in [2.75, 3.05) is 55.3 Å². The number of carbonyl (C=O) groups excluding carboxylic acids is 2. The maximum atomic E-state index is 12.5. The van der Waals surface area contributed by atoms with E-state index in [0.29, 0.717) is 28.1 Å². The van der Waals surface area contributed by atoms with Gasteiger partial charge in [-0.1, -0.05) is 0 Å². The fourth-order valence-corrected chi connectivity index (χ4v) is 4.76. The Bertz CT molecular complexity index is 1180. The fourth-order valence-electron chi connectivity index (χ4n) is 3.95. The predicted octanol–water partition coefficient (Wildman–Crippen LogP) is 4.59. The molecule has 1 aliphatic heterocycles. The molecule has 36 heavy (non-hydrogen) atoms. The Morgan fingerprint density at radius 3 is 2.19 bits per heavy atom. The molecular formula is C25H29N5O5S. The predicted molar refractivity (Wildman–Crippen MR) is 141 cm³/mol. The first-order valence-corrected chi connectivity index (χ1v) is 12.3. The van der Waals surface area contributed by atoms with Gasteiger partial charge in [0.05, 0.1) is 33.4 Å². The average molecular weight is 512 g/mol. The zero-order valence-electron chi connectivity index (χ0n) is 20.4. The van der Waals surface area contributed by atoms with Crippen molar-refractivity contribution in [3.05, 3.63) is 47.5 Å². The minimum absolute atomic E-state index is 0.152. The molecule has 4 rings (SSSR count). The van der Waals surface area contributed by atoms with E-state index in [1.807, 2.05) is 24.3 Å². The number of benzene rings is 2. The van der Waals surface area contributed by atoms with Crippen LogP contribution in [0, 0.1) is 0 Å². The third-order valence-corrected chi connectivity index (χ3v) is 6.57. The zero-order valence-corrected chi connectivity index (χ0v) is 21.2. The molecule has 3 N–H and O–H groups in total. The summed E-state index contributed by atoms with van der Waals surface area (Å²) in [4.78, 5) is 32.2. The Kier molecular flexibility index (Phi) is 8.11. The Morgan fingerprint density at radius 1 is 0.917 bits per heavy atom. The number of hydrogen-bond acceptors (Lipinski definition) is 8. The second-order valence-corrected chi connectivity index (χ2v) is 9.21. The number of rotatable bonds is 9. The second kappa shape index (κ2) is 11.6. The highest BCUT2D eigenvalue weighted by molar-refractivity contribution is 7.15. The highest BCUT2D eigenvalue weighted by Gasteiger charge is 2.16. The number of aromatic nitrogens is 1. The van der Waals surface area contributed by atoms with Crippen LogP contribution in [0.15, 0.2) is 42.6 Å². The zero-order chi connectivity index (χ0) is 25.5. The van der Waals surface area contributed by atoms with Crippen LogP contribution < -0.4 is 35.1 Å². The summed E-state index contributed by atoms with van der Waals surface area (Å²) in [6.45, 7) is 2.15. The van der Waals surface area contributed by atoms with Crippen LogP contribution in [-0.2, 0) is 11.2 Å². The summed E-state index contributed by atoms with van der Waals surface area (Å²) in [6.07, 6.45) is 4.17. The van der Waals surface area contributed by atoms with Crippen molar-refractivity contribution in [3.8, 4) is 17.2 Å². The summed E-state index contributed by atoms with van der Waals surface area (Å²) in [5.74, 6) is 1.11. The van der Waals surface area contributed by atoms with Crippen LogP contribution in [0.2, 0.25) is 0 Å².